The zero-order valence-electron chi connectivity index (χ0n) is 16.4. The van der Waals surface area contributed by atoms with Crippen LogP contribution in [0.2, 0.25) is 0 Å². The van der Waals surface area contributed by atoms with E-state index in [1.807, 2.05) is 12.1 Å². The summed E-state index contributed by atoms with van der Waals surface area (Å²) in [5, 5.41) is 9.90. The van der Waals surface area contributed by atoms with Crippen LogP contribution in [-0.4, -0.2) is 28.2 Å². The lowest BCUT2D eigenvalue weighted by atomic mass is 9.92. The Morgan fingerprint density at radius 2 is 1.93 bits per heavy atom. The highest BCUT2D eigenvalue weighted by molar-refractivity contribution is 14.1. The zero-order chi connectivity index (χ0) is 21.3. The molecule has 0 saturated heterocycles. The lowest BCUT2D eigenvalue weighted by Crippen LogP contribution is -2.21. The molecule has 1 unspecified atom stereocenters. The molecule has 2 aromatic carbocycles. The van der Waals surface area contributed by atoms with Crippen molar-refractivity contribution >= 4 is 45.4 Å². The molecule has 0 fully saturated rings. The zero-order valence-corrected chi connectivity index (χ0v) is 18.6. The molecule has 0 radical (unpaired) electrons. The predicted octanol–water partition coefficient (Wildman–Crippen LogP) is 4.05. The molecule has 1 heterocycles. The largest absolute Gasteiger partial charge is 0.481 e. The number of aromatic nitrogens is 1. The van der Waals surface area contributed by atoms with Crippen molar-refractivity contribution in [2.45, 2.75) is 38.1 Å². The summed E-state index contributed by atoms with van der Waals surface area (Å²) in [5.74, 6) is -1.31. The fraction of sp³-hybridized carbons (Fsp3) is 0.304. The maximum absolute atomic E-state index is 12.4. The SMILES string of the molecule is NC(=O)C1CCCCc2c1c1c(OCC(=O)O)cccc1n2Cc1ccc(I)cc1. The van der Waals surface area contributed by atoms with Gasteiger partial charge in [-0.2, -0.15) is 0 Å². The molecule has 1 amide bonds. The van der Waals surface area contributed by atoms with Gasteiger partial charge in [-0.15, -0.1) is 0 Å². The molecule has 1 aliphatic carbocycles. The van der Waals surface area contributed by atoms with Crippen molar-refractivity contribution in [3.8, 4) is 5.75 Å². The van der Waals surface area contributed by atoms with Crippen molar-refractivity contribution in [3.63, 3.8) is 0 Å². The topological polar surface area (TPSA) is 94.6 Å². The third kappa shape index (κ3) is 4.03. The van der Waals surface area contributed by atoms with Crippen molar-refractivity contribution in [1.82, 2.24) is 4.57 Å². The summed E-state index contributed by atoms with van der Waals surface area (Å²) < 4.78 is 9.04. The van der Waals surface area contributed by atoms with Crippen molar-refractivity contribution in [3.05, 3.63) is 62.9 Å². The Morgan fingerprint density at radius 1 is 1.17 bits per heavy atom. The van der Waals surface area contributed by atoms with E-state index in [2.05, 4.69) is 51.4 Å². The predicted molar refractivity (Wildman–Crippen MR) is 123 cm³/mol. The van der Waals surface area contributed by atoms with Crippen LogP contribution in [0.5, 0.6) is 5.75 Å². The van der Waals surface area contributed by atoms with Gasteiger partial charge in [-0.05, 0) is 77.2 Å². The van der Waals surface area contributed by atoms with Crippen LogP contribution in [0.15, 0.2) is 42.5 Å². The highest BCUT2D eigenvalue weighted by Crippen LogP contribution is 2.42. The standard InChI is InChI=1S/C23H23IN2O4/c24-15-10-8-14(9-11-15)12-26-17-5-2-1-4-16(23(25)29)21(17)22-18(26)6-3-7-19(22)30-13-20(27)28/h3,6-11,16H,1-2,4-5,12-13H2,(H2,25,29)(H,27,28). The number of carbonyl (C=O) groups excluding carboxylic acids is 1. The van der Waals surface area contributed by atoms with Crippen LogP contribution in [0.1, 0.15) is 42.0 Å². The average Bonchev–Trinajstić information content (AvgIpc) is 2.87. The van der Waals surface area contributed by atoms with E-state index in [9.17, 15) is 9.59 Å². The Kier molecular flexibility index (Phi) is 5.99. The number of primary amides is 1. The second-order valence-corrected chi connectivity index (χ2v) is 8.85. The molecule has 1 aliphatic rings. The minimum Gasteiger partial charge on any atom is -0.481 e. The van der Waals surface area contributed by atoms with Gasteiger partial charge in [0.15, 0.2) is 6.61 Å². The van der Waals surface area contributed by atoms with Crippen molar-refractivity contribution in [1.29, 1.82) is 0 Å². The first-order valence-corrected chi connectivity index (χ1v) is 11.1. The summed E-state index contributed by atoms with van der Waals surface area (Å²) in [6.07, 6.45) is 3.44. The molecule has 0 saturated carbocycles. The van der Waals surface area contributed by atoms with E-state index in [1.54, 1.807) is 6.07 Å². The first kappa shape index (κ1) is 20.7. The number of hydrogen-bond acceptors (Lipinski definition) is 3. The van der Waals surface area contributed by atoms with E-state index >= 15 is 0 Å². The summed E-state index contributed by atoms with van der Waals surface area (Å²) >= 11 is 2.29. The van der Waals surface area contributed by atoms with Gasteiger partial charge in [0, 0.05) is 21.2 Å². The van der Waals surface area contributed by atoms with E-state index in [1.165, 1.54) is 3.57 Å². The number of nitrogens with two attached hydrogens (primary N) is 1. The number of carboxylic acid groups (broad SMARTS) is 1. The van der Waals surface area contributed by atoms with Crippen LogP contribution >= 0.6 is 22.6 Å². The molecular weight excluding hydrogens is 495 g/mol. The molecule has 4 rings (SSSR count). The molecule has 156 valence electrons. The third-order valence-corrected chi connectivity index (χ3v) is 6.37. The maximum atomic E-state index is 12.4. The van der Waals surface area contributed by atoms with Crippen LogP contribution in [0, 0.1) is 3.57 Å². The second kappa shape index (κ2) is 8.67. The number of amides is 1. The van der Waals surface area contributed by atoms with E-state index in [4.69, 9.17) is 15.6 Å². The van der Waals surface area contributed by atoms with Gasteiger partial charge in [0.1, 0.15) is 5.75 Å². The Hall–Kier alpha value is -2.55. The molecule has 3 N–H and O–H groups in total. The number of fused-ring (bicyclic) bond motifs is 3. The van der Waals surface area contributed by atoms with E-state index in [-0.39, 0.29) is 5.91 Å². The van der Waals surface area contributed by atoms with Crippen LogP contribution in [0.4, 0.5) is 0 Å². The number of ether oxygens (including phenoxy) is 1. The smallest absolute Gasteiger partial charge is 0.341 e. The fourth-order valence-corrected chi connectivity index (χ4v) is 4.74. The number of carbonyl (C=O) groups is 2. The molecule has 1 aromatic heterocycles. The first-order chi connectivity index (χ1) is 14.5. The Balaban J connectivity index is 1.93. The summed E-state index contributed by atoms with van der Waals surface area (Å²) in [7, 11) is 0. The molecule has 0 spiro atoms. The number of halogens is 1. The van der Waals surface area contributed by atoms with Gasteiger partial charge in [-0.1, -0.05) is 24.6 Å². The van der Waals surface area contributed by atoms with Gasteiger partial charge in [-0.3, -0.25) is 4.79 Å². The molecule has 1 atom stereocenters. The minimum atomic E-state index is -1.04. The van der Waals surface area contributed by atoms with Gasteiger partial charge < -0.3 is 20.1 Å². The Labute approximate surface area is 188 Å². The minimum absolute atomic E-state index is 0.348. The van der Waals surface area contributed by atoms with Crippen LogP contribution in [0.25, 0.3) is 10.9 Å². The summed E-state index contributed by atoms with van der Waals surface area (Å²) in [5.41, 5.74) is 9.91. The monoisotopic (exact) mass is 518 g/mol. The molecule has 6 nitrogen and oxygen atoms in total. The number of hydrogen-bond donors (Lipinski definition) is 2. The number of aliphatic carboxylic acids is 1. The number of benzene rings is 2. The average molecular weight is 518 g/mol. The van der Waals surface area contributed by atoms with Gasteiger partial charge in [0.25, 0.3) is 0 Å². The van der Waals surface area contributed by atoms with E-state index in [0.717, 1.165) is 47.0 Å². The molecule has 0 bridgehead atoms. The summed E-state index contributed by atoms with van der Waals surface area (Å²) in [6, 6.07) is 14.0. The van der Waals surface area contributed by atoms with Gasteiger partial charge in [-0.25, -0.2) is 4.79 Å². The van der Waals surface area contributed by atoms with E-state index < -0.39 is 18.5 Å². The Morgan fingerprint density at radius 3 is 2.63 bits per heavy atom. The first-order valence-electron chi connectivity index (χ1n) is 9.98. The quantitative estimate of drug-likeness (QED) is 0.380. The Bertz CT molecular complexity index is 1100. The molecule has 7 heteroatoms. The van der Waals surface area contributed by atoms with Crippen LogP contribution in [0.3, 0.4) is 0 Å². The van der Waals surface area contributed by atoms with Crippen molar-refractivity contribution < 1.29 is 19.4 Å². The summed E-state index contributed by atoms with van der Waals surface area (Å²) in [4.78, 5) is 23.5. The van der Waals surface area contributed by atoms with Crippen molar-refractivity contribution in [2.75, 3.05) is 6.61 Å². The fourth-order valence-electron chi connectivity index (χ4n) is 4.38. The second-order valence-electron chi connectivity index (χ2n) is 7.61. The van der Waals surface area contributed by atoms with Crippen LogP contribution in [-0.2, 0) is 22.6 Å². The highest BCUT2D eigenvalue weighted by Gasteiger charge is 2.31. The lowest BCUT2D eigenvalue weighted by Gasteiger charge is -2.14. The third-order valence-electron chi connectivity index (χ3n) is 5.65. The maximum Gasteiger partial charge on any atom is 0.341 e. The molecular formula is C23H23IN2O4. The van der Waals surface area contributed by atoms with Crippen LogP contribution < -0.4 is 10.5 Å². The van der Waals surface area contributed by atoms with Crippen molar-refractivity contribution in [2.24, 2.45) is 5.73 Å². The molecule has 0 aliphatic heterocycles. The number of carboxylic acids is 1. The van der Waals surface area contributed by atoms with Gasteiger partial charge in [0.05, 0.1) is 11.4 Å². The number of nitrogens with zero attached hydrogens (tertiary/aromatic N) is 1. The molecule has 3 aromatic rings. The van der Waals surface area contributed by atoms with Gasteiger partial charge >= 0.3 is 5.97 Å². The normalized spacial score (nSPS) is 16.1. The highest BCUT2D eigenvalue weighted by atomic mass is 127. The summed E-state index contributed by atoms with van der Waals surface area (Å²) in [6.45, 7) is 0.230. The lowest BCUT2D eigenvalue weighted by molar-refractivity contribution is -0.139. The van der Waals surface area contributed by atoms with Gasteiger partial charge in [0.2, 0.25) is 5.91 Å². The number of rotatable bonds is 6. The molecule has 30 heavy (non-hydrogen) atoms. The van der Waals surface area contributed by atoms with E-state index in [0.29, 0.717) is 18.7 Å².